The number of hydrazine groups is 3. The number of para-hydroxylation sites is 1. The number of fused-ring (bicyclic) bond motifs is 3. The third-order valence-electron chi connectivity index (χ3n) is 4.08. The largest absolute Gasteiger partial charge is 0.358 e. The molecule has 1 aliphatic heterocycles. The van der Waals surface area contributed by atoms with Crippen LogP contribution in [0.2, 0.25) is 0 Å². The molecule has 0 radical (unpaired) electrons. The Bertz CT molecular complexity index is 570. The van der Waals surface area contributed by atoms with Gasteiger partial charge in [0.2, 0.25) is 0 Å². The number of rotatable bonds is 1. The molecule has 94 valence electrons. The van der Waals surface area contributed by atoms with Crippen molar-refractivity contribution in [2.24, 2.45) is 0 Å². The Labute approximate surface area is 105 Å². The highest BCUT2D eigenvalue weighted by atomic mass is 15.8. The Balaban J connectivity index is 1.83. The van der Waals surface area contributed by atoms with Crippen molar-refractivity contribution >= 4 is 10.9 Å². The third-order valence-corrected chi connectivity index (χ3v) is 4.08. The van der Waals surface area contributed by atoms with Crippen LogP contribution in [0.5, 0.6) is 0 Å². The molecule has 2 heterocycles. The normalized spacial score (nSPS) is 24.6. The molecular weight excluding hydrogens is 226 g/mol. The van der Waals surface area contributed by atoms with Gasteiger partial charge in [0.05, 0.1) is 6.17 Å². The van der Waals surface area contributed by atoms with Gasteiger partial charge in [-0.1, -0.05) is 18.2 Å². The zero-order valence-electron chi connectivity index (χ0n) is 10.1. The summed E-state index contributed by atoms with van der Waals surface area (Å²) in [5.74, 6) is 0.476. The standard InChI is InChI=1S/C13H17N5/c1-2-7-11-8(4-1)9-5-3-6-10(12(9)14-11)13-15-17-18-16-13/h1-2,4,7,10,13-18H,3,5-6H2. The van der Waals surface area contributed by atoms with Gasteiger partial charge in [0, 0.05) is 22.5 Å². The number of H-pyrrole nitrogens is 1. The SMILES string of the molecule is c1ccc2c3c([nH]c2c1)C(C1NNNN1)CCC3. The Morgan fingerprint density at radius 2 is 1.89 bits per heavy atom. The monoisotopic (exact) mass is 243 g/mol. The molecule has 0 amide bonds. The summed E-state index contributed by atoms with van der Waals surface area (Å²) >= 11 is 0. The molecule has 0 saturated carbocycles. The van der Waals surface area contributed by atoms with Gasteiger partial charge in [-0.05, 0) is 30.9 Å². The van der Waals surface area contributed by atoms with Crippen LogP contribution in [0.4, 0.5) is 0 Å². The van der Waals surface area contributed by atoms with Crippen molar-refractivity contribution in [1.82, 2.24) is 26.9 Å². The molecule has 1 atom stereocenters. The van der Waals surface area contributed by atoms with Crippen molar-refractivity contribution in [2.75, 3.05) is 0 Å². The first-order chi connectivity index (χ1) is 8.93. The van der Waals surface area contributed by atoms with Crippen LogP contribution in [0, 0.1) is 0 Å². The van der Waals surface area contributed by atoms with Crippen molar-refractivity contribution in [3.05, 3.63) is 35.5 Å². The van der Waals surface area contributed by atoms with E-state index >= 15 is 0 Å². The van der Waals surface area contributed by atoms with Gasteiger partial charge < -0.3 is 4.98 Å². The number of aromatic nitrogens is 1. The molecule has 2 aromatic rings. The predicted molar refractivity (Wildman–Crippen MR) is 70.3 cm³/mol. The quantitative estimate of drug-likeness (QED) is 0.519. The smallest absolute Gasteiger partial charge is 0.0941 e. The fourth-order valence-corrected chi connectivity index (χ4v) is 3.25. The average Bonchev–Trinajstić information content (AvgIpc) is 3.05. The second-order valence-electron chi connectivity index (χ2n) is 5.08. The number of aryl methyl sites for hydroxylation is 1. The maximum Gasteiger partial charge on any atom is 0.0941 e. The summed E-state index contributed by atoms with van der Waals surface area (Å²) in [6, 6.07) is 8.60. The van der Waals surface area contributed by atoms with E-state index in [0.29, 0.717) is 5.92 Å². The van der Waals surface area contributed by atoms with E-state index in [-0.39, 0.29) is 6.17 Å². The van der Waals surface area contributed by atoms with E-state index in [0.717, 1.165) is 0 Å². The van der Waals surface area contributed by atoms with Crippen molar-refractivity contribution < 1.29 is 0 Å². The van der Waals surface area contributed by atoms with Gasteiger partial charge in [-0.3, -0.25) is 0 Å². The van der Waals surface area contributed by atoms with Crippen LogP contribution >= 0.6 is 0 Å². The number of hydrogen-bond donors (Lipinski definition) is 5. The summed E-state index contributed by atoms with van der Waals surface area (Å²) in [6.45, 7) is 0. The molecular formula is C13H17N5. The molecule has 2 aliphatic rings. The van der Waals surface area contributed by atoms with Crippen molar-refractivity contribution in [3.8, 4) is 0 Å². The molecule has 1 saturated heterocycles. The van der Waals surface area contributed by atoms with E-state index < -0.39 is 0 Å². The highest BCUT2D eigenvalue weighted by Gasteiger charge is 2.31. The van der Waals surface area contributed by atoms with Gasteiger partial charge in [0.1, 0.15) is 0 Å². The van der Waals surface area contributed by atoms with E-state index in [1.54, 1.807) is 0 Å². The highest BCUT2D eigenvalue weighted by Crippen LogP contribution is 2.37. The molecule has 5 N–H and O–H groups in total. The summed E-state index contributed by atoms with van der Waals surface area (Å²) in [6.07, 6.45) is 3.87. The summed E-state index contributed by atoms with van der Waals surface area (Å²) in [7, 11) is 0. The minimum absolute atomic E-state index is 0.233. The van der Waals surface area contributed by atoms with Gasteiger partial charge in [0.25, 0.3) is 0 Å². The Morgan fingerprint density at radius 1 is 1.06 bits per heavy atom. The van der Waals surface area contributed by atoms with Gasteiger partial charge in [-0.25, -0.2) is 10.9 Å². The van der Waals surface area contributed by atoms with Crippen LogP contribution in [-0.4, -0.2) is 11.1 Å². The van der Waals surface area contributed by atoms with Crippen LogP contribution in [0.1, 0.15) is 30.0 Å². The minimum atomic E-state index is 0.233. The van der Waals surface area contributed by atoms with Crippen molar-refractivity contribution in [1.29, 1.82) is 0 Å². The van der Waals surface area contributed by atoms with Gasteiger partial charge >= 0.3 is 0 Å². The lowest BCUT2D eigenvalue weighted by Crippen LogP contribution is -2.41. The number of nitrogens with one attached hydrogen (secondary N) is 5. The van der Waals surface area contributed by atoms with Crippen LogP contribution in [0.25, 0.3) is 10.9 Å². The van der Waals surface area contributed by atoms with Crippen molar-refractivity contribution in [3.63, 3.8) is 0 Å². The van der Waals surface area contributed by atoms with E-state index in [4.69, 9.17) is 0 Å². The lowest BCUT2D eigenvalue weighted by molar-refractivity contribution is 0.385. The molecule has 18 heavy (non-hydrogen) atoms. The number of hydrogen-bond acceptors (Lipinski definition) is 4. The first kappa shape index (κ1) is 10.5. The number of aromatic amines is 1. The molecule has 1 unspecified atom stereocenters. The van der Waals surface area contributed by atoms with E-state index in [2.05, 4.69) is 51.2 Å². The Hall–Kier alpha value is -1.40. The maximum atomic E-state index is 3.61. The average molecular weight is 243 g/mol. The van der Waals surface area contributed by atoms with Gasteiger partial charge in [0.15, 0.2) is 0 Å². The second-order valence-corrected chi connectivity index (χ2v) is 5.08. The second kappa shape index (κ2) is 4.07. The predicted octanol–water partition coefficient (Wildman–Crippen LogP) is 1.03. The topological polar surface area (TPSA) is 63.9 Å². The molecule has 4 rings (SSSR count). The zero-order chi connectivity index (χ0) is 11.9. The van der Waals surface area contributed by atoms with Gasteiger partial charge in [-0.15, -0.1) is 0 Å². The fourth-order valence-electron chi connectivity index (χ4n) is 3.25. The summed E-state index contributed by atoms with van der Waals surface area (Å²) < 4.78 is 0. The van der Waals surface area contributed by atoms with Crippen molar-refractivity contribution in [2.45, 2.75) is 31.3 Å². The summed E-state index contributed by atoms with van der Waals surface area (Å²) in [5.41, 5.74) is 16.4. The Morgan fingerprint density at radius 3 is 2.78 bits per heavy atom. The first-order valence-corrected chi connectivity index (χ1v) is 6.54. The lowest BCUT2D eigenvalue weighted by atomic mass is 9.85. The van der Waals surface area contributed by atoms with E-state index in [1.807, 2.05) is 0 Å². The molecule has 1 aliphatic carbocycles. The molecule has 1 aromatic heterocycles. The minimum Gasteiger partial charge on any atom is -0.358 e. The summed E-state index contributed by atoms with van der Waals surface area (Å²) in [4.78, 5) is 3.61. The molecule has 5 nitrogen and oxygen atoms in total. The molecule has 0 spiro atoms. The van der Waals surface area contributed by atoms with Crippen LogP contribution in [0.15, 0.2) is 24.3 Å². The molecule has 1 fully saturated rings. The zero-order valence-corrected chi connectivity index (χ0v) is 10.1. The fraction of sp³-hybridized carbons (Fsp3) is 0.385. The van der Waals surface area contributed by atoms with Crippen LogP contribution in [0.3, 0.4) is 0 Å². The maximum absolute atomic E-state index is 3.61. The highest BCUT2D eigenvalue weighted by molar-refractivity contribution is 5.85. The molecule has 0 bridgehead atoms. The van der Waals surface area contributed by atoms with Crippen LogP contribution in [-0.2, 0) is 6.42 Å². The van der Waals surface area contributed by atoms with Gasteiger partial charge in [-0.2, -0.15) is 11.1 Å². The summed E-state index contributed by atoms with van der Waals surface area (Å²) in [5, 5.41) is 1.39. The third kappa shape index (κ3) is 1.49. The molecule has 1 aromatic carbocycles. The molecule has 5 heteroatoms. The number of benzene rings is 1. The van der Waals surface area contributed by atoms with E-state index in [9.17, 15) is 0 Å². The van der Waals surface area contributed by atoms with Crippen LogP contribution < -0.4 is 21.9 Å². The van der Waals surface area contributed by atoms with E-state index in [1.165, 1.54) is 41.4 Å². The first-order valence-electron chi connectivity index (χ1n) is 6.54. The Kier molecular flexibility index (Phi) is 2.38. The lowest BCUT2D eigenvalue weighted by Gasteiger charge is -2.27.